The Balaban J connectivity index is 2.58. The van der Waals surface area contributed by atoms with Crippen molar-refractivity contribution in [3.63, 3.8) is 0 Å². The van der Waals surface area contributed by atoms with Crippen molar-refractivity contribution < 1.29 is 9.84 Å². The molecule has 2 aromatic rings. The lowest BCUT2D eigenvalue weighted by Gasteiger charge is -2.27. The Kier molecular flexibility index (Phi) is 4.02. The average Bonchev–Trinajstić information content (AvgIpc) is 2.49. The van der Waals surface area contributed by atoms with Crippen molar-refractivity contribution in [3.05, 3.63) is 64.2 Å². The van der Waals surface area contributed by atoms with Crippen molar-refractivity contribution in [2.24, 2.45) is 0 Å². The predicted molar refractivity (Wildman–Crippen MR) is 82.3 cm³/mol. The Morgan fingerprint density at radius 1 is 1.10 bits per heavy atom. The van der Waals surface area contributed by atoms with E-state index in [0.29, 0.717) is 11.3 Å². The number of hydrogen-bond acceptors (Lipinski definition) is 3. The number of ether oxygens (including phenoxy) is 1. The van der Waals surface area contributed by atoms with Gasteiger partial charge in [-0.1, -0.05) is 24.3 Å². The van der Waals surface area contributed by atoms with Crippen LogP contribution in [0.15, 0.2) is 36.4 Å². The lowest BCUT2D eigenvalue weighted by atomic mass is 9.85. The highest BCUT2D eigenvalue weighted by molar-refractivity contribution is 5.51. The number of hydrogen-bond donors (Lipinski definition) is 1. The smallest absolute Gasteiger partial charge is 0.128 e. The summed E-state index contributed by atoms with van der Waals surface area (Å²) in [6.45, 7) is 5.73. The summed E-state index contributed by atoms with van der Waals surface area (Å²) in [7, 11) is 1.61. The summed E-state index contributed by atoms with van der Waals surface area (Å²) in [5.74, 6) is 0.698. The van der Waals surface area contributed by atoms with Crippen LogP contribution in [0.4, 0.5) is 0 Å². The summed E-state index contributed by atoms with van der Waals surface area (Å²) >= 11 is 0. The van der Waals surface area contributed by atoms with Crippen LogP contribution in [0.2, 0.25) is 0 Å². The second-order valence-corrected chi connectivity index (χ2v) is 5.35. The van der Waals surface area contributed by atoms with Crippen LogP contribution in [-0.4, -0.2) is 12.2 Å². The molecule has 0 aliphatic rings. The first-order valence-electron chi connectivity index (χ1n) is 6.79. The molecule has 0 aliphatic heterocycles. The summed E-state index contributed by atoms with van der Waals surface area (Å²) in [5.41, 5.74) is 2.97. The van der Waals surface area contributed by atoms with Gasteiger partial charge < -0.3 is 9.84 Å². The van der Waals surface area contributed by atoms with E-state index in [0.717, 1.165) is 22.3 Å². The molecule has 21 heavy (non-hydrogen) atoms. The highest BCUT2D eigenvalue weighted by Crippen LogP contribution is 2.38. The van der Waals surface area contributed by atoms with E-state index in [4.69, 9.17) is 10.00 Å². The van der Waals surface area contributed by atoms with E-state index >= 15 is 0 Å². The molecule has 3 nitrogen and oxygen atoms in total. The quantitative estimate of drug-likeness (QED) is 0.937. The lowest BCUT2D eigenvalue weighted by Crippen LogP contribution is -2.24. The van der Waals surface area contributed by atoms with Gasteiger partial charge in [0, 0.05) is 5.56 Å². The van der Waals surface area contributed by atoms with E-state index < -0.39 is 5.60 Å². The topological polar surface area (TPSA) is 53.2 Å². The number of methoxy groups -OCH3 is 1. The normalized spacial score (nSPS) is 13.3. The van der Waals surface area contributed by atoms with Gasteiger partial charge in [0.05, 0.1) is 18.7 Å². The standard InChI is InChI=1S/C18H19NO2/c1-12-5-10-16(17(21-4)13(12)2)18(3,20)15-8-6-14(11-19)7-9-15/h5-10,20H,1-4H3. The SMILES string of the molecule is COc1c(C(C)(O)c2ccc(C#N)cc2)ccc(C)c1C. The van der Waals surface area contributed by atoms with Crippen molar-refractivity contribution in [2.45, 2.75) is 26.4 Å². The van der Waals surface area contributed by atoms with Crippen molar-refractivity contribution in [1.82, 2.24) is 0 Å². The van der Waals surface area contributed by atoms with Crippen LogP contribution in [-0.2, 0) is 5.60 Å². The molecule has 1 unspecified atom stereocenters. The Morgan fingerprint density at radius 3 is 2.24 bits per heavy atom. The second kappa shape index (κ2) is 5.59. The van der Waals surface area contributed by atoms with E-state index in [1.54, 1.807) is 38.3 Å². The molecular weight excluding hydrogens is 262 g/mol. The fourth-order valence-electron chi connectivity index (χ4n) is 2.46. The molecule has 108 valence electrons. The molecular formula is C18H19NO2. The van der Waals surface area contributed by atoms with Gasteiger partial charge in [0.15, 0.2) is 0 Å². The first-order valence-corrected chi connectivity index (χ1v) is 6.79. The molecule has 2 aromatic carbocycles. The molecule has 0 heterocycles. The summed E-state index contributed by atoms with van der Waals surface area (Å²) < 4.78 is 5.50. The van der Waals surface area contributed by atoms with Crippen molar-refractivity contribution >= 4 is 0 Å². The van der Waals surface area contributed by atoms with Gasteiger partial charge in [-0.05, 0) is 49.6 Å². The van der Waals surface area contributed by atoms with Crippen LogP contribution in [0.5, 0.6) is 5.75 Å². The largest absolute Gasteiger partial charge is 0.496 e. The van der Waals surface area contributed by atoms with Gasteiger partial charge in [-0.3, -0.25) is 0 Å². The maximum atomic E-state index is 11.0. The minimum Gasteiger partial charge on any atom is -0.496 e. The number of rotatable bonds is 3. The van der Waals surface area contributed by atoms with Gasteiger partial charge in [0.25, 0.3) is 0 Å². The fourth-order valence-corrected chi connectivity index (χ4v) is 2.46. The zero-order chi connectivity index (χ0) is 15.6. The minimum absolute atomic E-state index is 0.571. The van der Waals surface area contributed by atoms with E-state index in [2.05, 4.69) is 6.07 Å². The highest BCUT2D eigenvalue weighted by atomic mass is 16.5. The Hall–Kier alpha value is -2.31. The third-order valence-electron chi connectivity index (χ3n) is 3.98. The lowest BCUT2D eigenvalue weighted by molar-refractivity contribution is 0.0988. The molecule has 0 bridgehead atoms. The molecule has 0 amide bonds. The molecule has 0 saturated heterocycles. The maximum Gasteiger partial charge on any atom is 0.128 e. The average molecular weight is 281 g/mol. The van der Waals surface area contributed by atoms with Crippen LogP contribution < -0.4 is 4.74 Å². The van der Waals surface area contributed by atoms with Crippen LogP contribution >= 0.6 is 0 Å². The molecule has 0 spiro atoms. The van der Waals surface area contributed by atoms with E-state index in [-0.39, 0.29) is 0 Å². The van der Waals surface area contributed by atoms with Gasteiger partial charge in [-0.2, -0.15) is 5.26 Å². The van der Waals surface area contributed by atoms with Crippen molar-refractivity contribution in [3.8, 4) is 11.8 Å². The molecule has 1 atom stereocenters. The highest BCUT2D eigenvalue weighted by Gasteiger charge is 2.30. The predicted octanol–water partition coefficient (Wildman–Crippen LogP) is 3.44. The molecule has 0 saturated carbocycles. The maximum absolute atomic E-state index is 11.0. The summed E-state index contributed by atoms with van der Waals surface area (Å²) in [6.07, 6.45) is 0. The van der Waals surface area contributed by atoms with Gasteiger partial charge in [-0.15, -0.1) is 0 Å². The minimum atomic E-state index is -1.18. The number of benzene rings is 2. The molecule has 0 aliphatic carbocycles. The molecule has 3 heteroatoms. The van der Waals surface area contributed by atoms with Crippen LogP contribution in [0.3, 0.4) is 0 Å². The van der Waals surface area contributed by atoms with E-state index in [9.17, 15) is 5.11 Å². The molecule has 1 N–H and O–H groups in total. The second-order valence-electron chi connectivity index (χ2n) is 5.35. The molecule has 0 radical (unpaired) electrons. The Labute approximate surface area is 125 Å². The van der Waals surface area contributed by atoms with Gasteiger partial charge in [-0.25, -0.2) is 0 Å². The zero-order valence-electron chi connectivity index (χ0n) is 12.8. The first-order chi connectivity index (χ1) is 9.91. The Bertz CT molecular complexity index is 694. The summed E-state index contributed by atoms with van der Waals surface area (Å²) in [5, 5.41) is 19.9. The number of aliphatic hydroxyl groups is 1. The molecule has 2 rings (SSSR count). The van der Waals surface area contributed by atoms with Gasteiger partial charge in [0.2, 0.25) is 0 Å². The fraction of sp³-hybridized carbons (Fsp3) is 0.278. The first kappa shape index (κ1) is 15.1. The van der Waals surface area contributed by atoms with E-state index in [1.807, 2.05) is 26.0 Å². The summed E-state index contributed by atoms with van der Waals surface area (Å²) in [4.78, 5) is 0. The number of aryl methyl sites for hydroxylation is 1. The molecule has 0 aromatic heterocycles. The zero-order valence-corrected chi connectivity index (χ0v) is 12.8. The summed E-state index contributed by atoms with van der Waals surface area (Å²) in [6, 6.07) is 12.9. The van der Waals surface area contributed by atoms with Crippen LogP contribution in [0, 0.1) is 25.2 Å². The number of nitriles is 1. The van der Waals surface area contributed by atoms with Crippen molar-refractivity contribution in [1.29, 1.82) is 5.26 Å². The molecule has 0 fully saturated rings. The Morgan fingerprint density at radius 2 is 1.71 bits per heavy atom. The van der Waals surface area contributed by atoms with Gasteiger partial charge >= 0.3 is 0 Å². The third-order valence-corrected chi connectivity index (χ3v) is 3.98. The van der Waals surface area contributed by atoms with E-state index in [1.165, 1.54) is 0 Å². The third kappa shape index (κ3) is 2.63. The van der Waals surface area contributed by atoms with Crippen molar-refractivity contribution in [2.75, 3.05) is 7.11 Å². The van der Waals surface area contributed by atoms with Gasteiger partial charge in [0.1, 0.15) is 11.4 Å². The monoisotopic (exact) mass is 281 g/mol. The number of nitrogens with zero attached hydrogens (tertiary/aromatic N) is 1. The van der Waals surface area contributed by atoms with Crippen LogP contribution in [0.25, 0.3) is 0 Å². The van der Waals surface area contributed by atoms with Crippen LogP contribution in [0.1, 0.15) is 34.7 Å².